The SMILES string of the molecule is COC(=O)C(Cc1ccc(OS(=O)(=O)C(F)(F)F)cc1)NS(=O)(=O)c1ccc2ccccc2c1. The first-order valence-corrected chi connectivity index (χ1v) is 12.4. The van der Waals surface area contributed by atoms with E-state index in [1.165, 1.54) is 24.3 Å². The summed E-state index contributed by atoms with van der Waals surface area (Å²) in [6.45, 7) is 0. The van der Waals surface area contributed by atoms with Crippen LogP contribution in [0.2, 0.25) is 0 Å². The Morgan fingerprint density at radius 3 is 2.15 bits per heavy atom. The van der Waals surface area contributed by atoms with Crippen molar-refractivity contribution in [2.24, 2.45) is 0 Å². The third kappa shape index (κ3) is 5.85. The lowest BCUT2D eigenvalue weighted by Crippen LogP contribution is -2.42. The number of halogens is 3. The van der Waals surface area contributed by atoms with Crippen LogP contribution in [0.15, 0.2) is 71.6 Å². The highest BCUT2D eigenvalue weighted by molar-refractivity contribution is 7.89. The van der Waals surface area contributed by atoms with E-state index in [0.29, 0.717) is 10.9 Å². The summed E-state index contributed by atoms with van der Waals surface area (Å²) in [4.78, 5) is 12.1. The fourth-order valence-electron chi connectivity index (χ4n) is 3.00. The Kier molecular flexibility index (Phi) is 7.19. The van der Waals surface area contributed by atoms with Crippen LogP contribution in [0, 0.1) is 0 Å². The van der Waals surface area contributed by atoms with Crippen LogP contribution >= 0.6 is 0 Å². The number of alkyl halides is 3. The number of rotatable bonds is 8. The Hall–Kier alpha value is -3.16. The average Bonchev–Trinajstić information content (AvgIpc) is 2.78. The van der Waals surface area contributed by atoms with Gasteiger partial charge in [-0.15, -0.1) is 0 Å². The molecule has 0 amide bonds. The lowest BCUT2D eigenvalue weighted by Gasteiger charge is -2.17. The Labute approximate surface area is 193 Å². The molecular formula is C21H18F3NO7S2. The Morgan fingerprint density at radius 1 is 0.941 bits per heavy atom. The maximum absolute atomic E-state index is 12.9. The first kappa shape index (κ1) is 25.5. The molecule has 8 nitrogen and oxygen atoms in total. The second-order valence-electron chi connectivity index (χ2n) is 7.04. The van der Waals surface area contributed by atoms with Crippen LogP contribution in [0.4, 0.5) is 13.2 Å². The number of fused-ring (bicyclic) bond motifs is 1. The topological polar surface area (TPSA) is 116 Å². The molecule has 0 heterocycles. The highest BCUT2D eigenvalue weighted by Crippen LogP contribution is 2.27. The summed E-state index contributed by atoms with van der Waals surface area (Å²) in [5.74, 6) is -1.50. The number of hydrogen-bond acceptors (Lipinski definition) is 7. The zero-order valence-electron chi connectivity index (χ0n) is 17.4. The normalized spacial score (nSPS) is 13.4. The van der Waals surface area contributed by atoms with E-state index >= 15 is 0 Å². The molecule has 34 heavy (non-hydrogen) atoms. The van der Waals surface area contributed by atoms with Crippen LogP contribution in [0.25, 0.3) is 10.8 Å². The first-order valence-electron chi connectivity index (χ1n) is 9.51. The van der Waals surface area contributed by atoms with E-state index in [4.69, 9.17) is 0 Å². The molecule has 0 bridgehead atoms. The summed E-state index contributed by atoms with van der Waals surface area (Å²) >= 11 is 0. The third-order valence-corrected chi connectivity index (χ3v) is 7.12. The largest absolute Gasteiger partial charge is 0.534 e. The van der Waals surface area contributed by atoms with Crippen LogP contribution in [0.5, 0.6) is 5.75 Å². The van der Waals surface area contributed by atoms with Gasteiger partial charge < -0.3 is 8.92 Å². The quantitative estimate of drug-likeness (QED) is 0.277. The molecule has 3 aromatic rings. The van der Waals surface area contributed by atoms with Gasteiger partial charge in [0.2, 0.25) is 10.0 Å². The molecule has 3 aromatic carbocycles. The maximum Gasteiger partial charge on any atom is 0.534 e. The summed E-state index contributed by atoms with van der Waals surface area (Å²) < 4.78 is 96.3. The Balaban J connectivity index is 1.80. The summed E-state index contributed by atoms with van der Waals surface area (Å²) in [5.41, 5.74) is -5.30. The predicted octanol–water partition coefficient (Wildman–Crippen LogP) is 3.13. The Morgan fingerprint density at radius 2 is 1.56 bits per heavy atom. The van der Waals surface area contributed by atoms with Gasteiger partial charge in [-0.2, -0.15) is 26.3 Å². The van der Waals surface area contributed by atoms with Crippen molar-refractivity contribution in [1.29, 1.82) is 0 Å². The van der Waals surface area contributed by atoms with Crippen molar-refractivity contribution in [1.82, 2.24) is 4.72 Å². The molecule has 1 unspecified atom stereocenters. The average molecular weight is 518 g/mol. The van der Waals surface area contributed by atoms with Gasteiger partial charge >= 0.3 is 21.6 Å². The number of carbonyl (C=O) groups is 1. The fraction of sp³-hybridized carbons (Fsp3) is 0.190. The highest BCUT2D eigenvalue weighted by Gasteiger charge is 2.48. The molecule has 0 saturated heterocycles. The second kappa shape index (κ2) is 9.60. The van der Waals surface area contributed by atoms with E-state index in [1.807, 2.05) is 6.07 Å². The van der Waals surface area contributed by atoms with Gasteiger partial charge in [-0.05, 0) is 47.0 Å². The minimum absolute atomic E-state index is 0.0822. The van der Waals surface area contributed by atoms with E-state index < -0.39 is 43.4 Å². The minimum atomic E-state index is -5.84. The number of benzene rings is 3. The van der Waals surface area contributed by atoms with E-state index in [-0.39, 0.29) is 11.3 Å². The lowest BCUT2D eigenvalue weighted by molar-refractivity contribution is -0.142. The molecule has 0 aliphatic heterocycles. The van der Waals surface area contributed by atoms with Crippen molar-refractivity contribution < 1.29 is 43.7 Å². The van der Waals surface area contributed by atoms with Gasteiger partial charge in [0, 0.05) is 0 Å². The third-order valence-electron chi connectivity index (χ3n) is 4.67. The molecular weight excluding hydrogens is 499 g/mol. The molecule has 182 valence electrons. The standard InChI is InChI=1S/C21H18F3NO7S2/c1-31-20(26)19(12-14-6-9-17(10-7-14)32-34(29,30)21(22,23)24)25-33(27,28)18-11-8-15-4-2-3-5-16(15)13-18/h2-11,13,19,25H,12H2,1H3. The van der Waals surface area contributed by atoms with Crippen LogP contribution in [0.1, 0.15) is 5.56 Å². The molecule has 0 aliphatic rings. The van der Waals surface area contributed by atoms with E-state index in [1.54, 1.807) is 24.3 Å². The van der Waals surface area contributed by atoms with Crippen LogP contribution in [-0.4, -0.2) is 41.5 Å². The number of hydrogen-bond donors (Lipinski definition) is 1. The maximum atomic E-state index is 12.9. The molecule has 0 spiro atoms. The van der Waals surface area contributed by atoms with Gasteiger partial charge in [0.05, 0.1) is 12.0 Å². The van der Waals surface area contributed by atoms with Gasteiger partial charge in [-0.3, -0.25) is 4.79 Å². The van der Waals surface area contributed by atoms with Crippen molar-refractivity contribution in [2.45, 2.75) is 22.9 Å². The zero-order chi connectivity index (χ0) is 25.1. The van der Waals surface area contributed by atoms with Crippen molar-refractivity contribution in [2.75, 3.05) is 7.11 Å². The Bertz CT molecular complexity index is 1400. The zero-order valence-corrected chi connectivity index (χ0v) is 19.1. The van der Waals surface area contributed by atoms with Crippen LogP contribution in [0.3, 0.4) is 0 Å². The van der Waals surface area contributed by atoms with Crippen LogP contribution in [-0.2, 0) is 36.1 Å². The van der Waals surface area contributed by atoms with Gasteiger partial charge in [-0.25, -0.2) is 8.42 Å². The molecule has 13 heteroatoms. The number of esters is 1. The van der Waals surface area contributed by atoms with E-state index in [9.17, 15) is 34.8 Å². The lowest BCUT2D eigenvalue weighted by atomic mass is 10.1. The number of methoxy groups -OCH3 is 1. The summed E-state index contributed by atoms with van der Waals surface area (Å²) in [5, 5.41) is 1.49. The summed E-state index contributed by atoms with van der Waals surface area (Å²) in [6, 6.07) is 14.5. The second-order valence-corrected chi connectivity index (χ2v) is 10.3. The molecule has 0 fully saturated rings. The fourth-order valence-corrected chi connectivity index (χ4v) is 4.67. The van der Waals surface area contributed by atoms with Crippen LogP contribution < -0.4 is 8.91 Å². The van der Waals surface area contributed by atoms with Crippen molar-refractivity contribution in [3.05, 3.63) is 72.3 Å². The van der Waals surface area contributed by atoms with Crippen molar-refractivity contribution >= 4 is 36.9 Å². The smallest absolute Gasteiger partial charge is 0.468 e. The number of ether oxygens (including phenoxy) is 1. The molecule has 0 aromatic heterocycles. The van der Waals surface area contributed by atoms with E-state index in [2.05, 4.69) is 13.6 Å². The monoisotopic (exact) mass is 517 g/mol. The van der Waals surface area contributed by atoms with Gasteiger partial charge in [-0.1, -0.05) is 42.5 Å². The summed E-state index contributed by atoms with van der Waals surface area (Å²) in [6.07, 6.45) is -0.230. The predicted molar refractivity (Wildman–Crippen MR) is 116 cm³/mol. The summed E-state index contributed by atoms with van der Waals surface area (Å²) in [7, 11) is -8.93. The highest BCUT2D eigenvalue weighted by atomic mass is 32.2. The van der Waals surface area contributed by atoms with Crippen molar-refractivity contribution in [3.63, 3.8) is 0 Å². The van der Waals surface area contributed by atoms with Gasteiger partial charge in [0.15, 0.2) is 0 Å². The minimum Gasteiger partial charge on any atom is -0.468 e. The molecule has 0 saturated carbocycles. The van der Waals surface area contributed by atoms with Crippen molar-refractivity contribution in [3.8, 4) is 5.75 Å². The van der Waals surface area contributed by atoms with Gasteiger partial charge in [0.25, 0.3) is 0 Å². The van der Waals surface area contributed by atoms with Gasteiger partial charge in [0.1, 0.15) is 11.8 Å². The number of carbonyl (C=O) groups excluding carboxylic acids is 1. The van der Waals surface area contributed by atoms with E-state index in [0.717, 1.165) is 24.6 Å². The molecule has 3 rings (SSSR count). The molecule has 1 atom stereocenters. The first-order chi connectivity index (χ1) is 15.8. The molecule has 1 N–H and O–H groups in total. The number of sulfonamides is 1. The number of nitrogens with one attached hydrogen (secondary N) is 1. The molecule has 0 aliphatic carbocycles. The molecule has 0 radical (unpaired) electrons.